The summed E-state index contributed by atoms with van der Waals surface area (Å²) in [7, 11) is -3.32. The second-order valence-corrected chi connectivity index (χ2v) is 7.96. The summed E-state index contributed by atoms with van der Waals surface area (Å²) in [6.07, 6.45) is 3.22. The molecular formula is C18H19NO3S. The second kappa shape index (κ2) is 5.42. The van der Waals surface area contributed by atoms with Gasteiger partial charge in [0, 0.05) is 11.6 Å². The van der Waals surface area contributed by atoms with E-state index in [9.17, 15) is 8.42 Å². The van der Waals surface area contributed by atoms with Gasteiger partial charge in [-0.1, -0.05) is 30.3 Å². The molecule has 1 N–H and O–H groups in total. The fraction of sp³-hybridized carbons (Fsp3) is 0.222. The van der Waals surface area contributed by atoms with Crippen LogP contribution in [0.4, 0.5) is 5.69 Å². The van der Waals surface area contributed by atoms with Gasteiger partial charge in [0.2, 0.25) is 10.0 Å². The predicted molar refractivity (Wildman–Crippen MR) is 93.1 cm³/mol. The Hall–Kier alpha value is -2.27. The number of anilines is 1. The number of benzene rings is 2. The van der Waals surface area contributed by atoms with Crippen molar-refractivity contribution in [2.24, 2.45) is 0 Å². The van der Waals surface area contributed by atoms with Crippen molar-refractivity contribution < 1.29 is 13.2 Å². The Morgan fingerprint density at radius 1 is 1.04 bits per heavy atom. The molecule has 1 aliphatic rings. The van der Waals surface area contributed by atoms with E-state index in [1.165, 1.54) is 0 Å². The van der Waals surface area contributed by atoms with Gasteiger partial charge in [0.1, 0.15) is 11.4 Å². The van der Waals surface area contributed by atoms with Crippen molar-refractivity contribution in [2.75, 3.05) is 11.0 Å². The molecular weight excluding hydrogens is 310 g/mol. The van der Waals surface area contributed by atoms with Crippen molar-refractivity contribution in [3.63, 3.8) is 0 Å². The zero-order valence-corrected chi connectivity index (χ0v) is 14.1. The quantitative estimate of drug-likeness (QED) is 0.935. The van der Waals surface area contributed by atoms with Gasteiger partial charge < -0.3 is 4.74 Å². The Kier molecular flexibility index (Phi) is 3.68. The Morgan fingerprint density at radius 2 is 1.74 bits per heavy atom. The Morgan fingerprint density at radius 3 is 2.39 bits per heavy atom. The molecule has 0 amide bonds. The lowest BCUT2D eigenvalue weighted by molar-refractivity contribution is 0.158. The maximum atomic E-state index is 11.4. The highest BCUT2D eigenvalue weighted by molar-refractivity contribution is 7.92. The molecule has 0 aromatic heterocycles. The van der Waals surface area contributed by atoms with E-state index in [2.05, 4.69) is 22.9 Å². The number of fused-ring (bicyclic) bond motifs is 1. The van der Waals surface area contributed by atoms with Gasteiger partial charge in [-0.05, 0) is 43.2 Å². The number of hydrogen-bond donors (Lipinski definition) is 1. The number of nitrogens with one attached hydrogen (secondary N) is 1. The lowest BCUT2D eigenvalue weighted by Crippen LogP contribution is -2.29. The summed E-state index contributed by atoms with van der Waals surface area (Å²) in [6.45, 7) is 3.96. The molecule has 2 aromatic rings. The summed E-state index contributed by atoms with van der Waals surface area (Å²) in [5.74, 6) is 0.671. The monoisotopic (exact) mass is 329 g/mol. The van der Waals surface area contributed by atoms with Crippen molar-refractivity contribution in [3.05, 3.63) is 65.7 Å². The van der Waals surface area contributed by atoms with E-state index < -0.39 is 15.6 Å². The van der Waals surface area contributed by atoms with Crippen LogP contribution in [0.1, 0.15) is 25.0 Å². The summed E-state index contributed by atoms with van der Waals surface area (Å²) in [6, 6.07) is 15.5. The first kappa shape index (κ1) is 15.6. The van der Waals surface area contributed by atoms with Gasteiger partial charge in [-0.15, -0.1) is 0 Å². The van der Waals surface area contributed by atoms with Crippen LogP contribution in [0.25, 0.3) is 5.57 Å². The standard InChI is InChI=1S/C18H19NO3S/c1-18(2)12-16(13-7-5-4-6-8-13)15-10-9-14(11-17(15)22-18)19-23(3,20)21/h4-12,19H,1-3H3. The van der Waals surface area contributed by atoms with Crippen LogP contribution in [0.3, 0.4) is 0 Å². The zero-order chi connectivity index (χ0) is 16.7. The third-order valence-electron chi connectivity index (χ3n) is 3.52. The third kappa shape index (κ3) is 3.56. The molecule has 4 nitrogen and oxygen atoms in total. The molecule has 120 valence electrons. The van der Waals surface area contributed by atoms with E-state index in [1.807, 2.05) is 38.1 Å². The molecule has 0 bridgehead atoms. The molecule has 2 aromatic carbocycles. The summed E-state index contributed by atoms with van der Waals surface area (Å²) >= 11 is 0. The number of rotatable bonds is 3. The Labute approximate surface area is 136 Å². The van der Waals surface area contributed by atoms with Crippen molar-refractivity contribution in [1.29, 1.82) is 0 Å². The minimum absolute atomic E-state index is 0.470. The number of ether oxygens (including phenoxy) is 1. The van der Waals surface area contributed by atoms with Crippen molar-refractivity contribution in [1.82, 2.24) is 0 Å². The SMILES string of the molecule is CC1(C)C=C(c2ccccc2)c2ccc(NS(C)(=O)=O)cc2O1. The molecule has 0 saturated heterocycles. The minimum atomic E-state index is -3.32. The van der Waals surface area contributed by atoms with E-state index in [0.717, 1.165) is 23.0 Å². The first-order chi connectivity index (χ1) is 10.7. The molecule has 0 radical (unpaired) electrons. The van der Waals surface area contributed by atoms with Crippen LogP contribution in [0.5, 0.6) is 5.75 Å². The van der Waals surface area contributed by atoms with Gasteiger partial charge >= 0.3 is 0 Å². The summed E-state index contributed by atoms with van der Waals surface area (Å²) < 4.78 is 31.3. The molecule has 0 saturated carbocycles. The molecule has 3 rings (SSSR count). The highest BCUT2D eigenvalue weighted by Gasteiger charge is 2.27. The fourth-order valence-corrected chi connectivity index (χ4v) is 3.26. The lowest BCUT2D eigenvalue weighted by atomic mass is 9.90. The van der Waals surface area contributed by atoms with Gasteiger partial charge in [-0.25, -0.2) is 8.42 Å². The zero-order valence-electron chi connectivity index (χ0n) is 13.3. The minimum Gasteiger partial charge on any atom is -0.483 e. The van der Waals surface area contributed by atoms with E-state index in [0.29, 0.717) is 11.4 Å². The molecule has 23 heavy (non-hydrogen) atoms. The summed E-state index contributed by atoms with van der Waals surface area (Å²) in [5, 5.41) is 0. The number of sulfonamides is 1. The van der Waals surface area contributed by atoms with Crippen LogP contribution >= 0.6 is 0 Å². The van der Waals surface area contributed by atoms with Crippen LogP contribution < -0.4 is 9.46 Å². The summed E-state index contributed by atoms with van der Waals surface area (Å²) in [5.41, 5.74) is 3.17. The first-order valence-electron chi connectivity index (χ1n) is 7.33. The average molecular weight is 329 g/mol. The molecule has 5 heteroatoms. The van der Waals surface area contributed by atoms with Crippen LogP contribution in [0.2, 0.25) is 0 Å². The van der Waals surface area contributed by atoms with E-state index in [4.69, 9.17) is 4.74 Å². The lowest BCUT2D eigenvalue weighted by Gasteiger charge is -2.31. The topological polar surface area (TPSA) is 55.4 Å². The van der Waals surface area contributed by atoms with Gasteiger partial charge in [0.25, 0.3) is 0 Å². The normalized spacial score (nSPS) is 16.0. The van der Waals surface area contributed by atoms with Gasteiger partial charge in [-0.3, -0.25) is 4.72 Å². The van der Waals surface area contributed by atoms with Crippen molar-refractivity contribution >= 4 is 21.3 Å². The van der Waals surface area contributed by atoms with Crippen LogP contribution in [0.15, 0.2) is 54.6 Å². The van der Waals surface area contributed by atoms with E-state index in [1.54, 1.807) is 12.1 Å². The molecule has 0 unspecified atom stereocenters. The van der Waals surface area contributed by atoms with Crippen molar-refractivity contribution in [2.45, 2.75) is 19.4 Å². The van der Waals surface area contributed by atoms with Gasteiger partial charge in [0.05, 0.1) is 11.9 Å². The maximum absolute atomic E-state index is 11.4. The molecule has 1 aliphatic heterocycles. The highest BCUT2D eigenvalue weighted by atomic mass is 32.2. The Bertz CT molecular complexity index is 868. The fourth-order valence-electron chi connectivity index (χ4n) is 2.70. The largest absolute Gasteiger partial charge is 0.483 e. The smallest absolute Gasteiger partial charge is 0.229 e. The number of hydrogen-bond acceptors (Lipinski definition) is 3. The highest BCUT2D eigenvalue weighted by Crippen LogP contribution is 2.40. The second-order valence-electron chi connectivity index (χ2n) is 6.21. The van der Waals surface area contributed by atoms with Crippen LogP contribution in [-0.2, 0) is 10.0 Å². The molecule has 1 heterocycles. The van der Waals surface area contributed by atoms with Gasteiger partial charge in [0.15, 0.2) is 0 Å². The first-order valence-corrected chi connectivity index (χ1v) is 9.22. The Balaban J connectivity index is 2.10. The van der Waals surface area contributed by atoms with Crippen LogP contribution in [-0.4, -0.2) is 20.3 Å². The summed E-state index contributed by atoms with van der Waals surface area (Å²) in [4.78, 5) is 0. The third-order valence-corrected chi connectivity index (χ3v) is 4.13. The average Bonchev–Trinajstić information content (AvgIpc) is 2.44. The molecule has 0 fully saturated rings. The van der Waals surface area contributed by atoms with E-state index >= 15 is 0 Å². The van der Waals surface area contributed by atoms with Crippen LogP contribution in [0, 0.1) is 0 Å². The molecule has 0 atom stereocenters. The van der Waals surface area contributed by atoms with Gasteiger partial charge in [-0.2, -0.15) is 0 Å². The van der Waals surface area contributed by atoms with Crippen molar-refractivity contribution in [3.8, 4) is 5.75 Å². The maximum Gasteiger partial charge on any atom is 0.229 e. The molecule has 0 aliphatic carbocycles. The van der Waals surface area contributed by atoms with E-state index in [-0.39, 0.29) is 0 Å². The predicted octanol–water partition coefficient (Wildman–Crippen LogP) is 3.66. The molecule has 0 spiro atoms.